The quantitative estimate of drug-likeness (QED) is 0.785. The van der Waals surface area contributed by atoms with Gasteiger partial charge in [0.15, 0.2) is 0 Å². The molecule has 0 bridgehead atoms. The lowest BCUT2D eigenvalue weighted by molar-refractivity contribution is -0.124. The number of fused-ring (bicyclic) bond motifs is 3. The van der Waals surface area contributed by atoms with E-state index in [2.05, 4.69) is 42.3 Å². The van der Waals surface area contributed by atoms with Gasteiger partial charge in [-0.15, -0.1) is 0 Å². The molecule has 2 aliphatic rings. The number of para-hydroxylation sites is 1. The number of hydrogen-bond acceptors (Lipinski definition) is 2. The van der Waals surface area contributed by atoms with Crippen LogP contribution in [0.5, 0.6) is 0 Å². The maximum absolute atomic E-state index is 12.4. The van der Waals surface area contributed by atoms with Crippen LogP contribution in [0.25, 0.3) is 6.08 Å². The third-order valence-corrected chi connectivity index (χ3v) is 6.17. The molecule has 1 amide bonds. The number of carbonyl (C=O) groups excluding carboxylic acids is 1. The third-order valence-electron chi connectivity index (χ3n) is 5.61. The van der Waals surface area contributed by atoms with Crippen LogP contribution >= 0.6 is 23.2 Å². The Bertz CT molecular complexity index is 922. The summed E-state index contributed by atoms with van der Waals surface area (Å²) in [6.07, 6.45) is 4.53. The van der Waals surface area contributed by atoms with Gasteiger partial charge in [0.1, 0.15) is 5.66 Å². The Morgan fingerprint density at radius 1 is 1.15 bits per heavy atom. The molecule has 5 heteroatoms. The van der Waals surface area contributed by atoms with Gasteiger partial charge in [-0.25, -0.2) is 0 Å². The number of anilines is 1. The molecule has 134 valence electrons. The fourth-order valence-electron chi connectivity index (χ4n) is 4.17. The van der Waals surface area contributed by atoms with E-state index < -0.39 is 5.66 Å². The molecule has 1 saturated heterocycles. The Balaban J connectivity index is 1.85. The molecule has 1 unspecified atom stereocenters. The second-order valence-electron chi connectivity index (χ2n) is 7.36. The van der Waals surface area contributed by atoms with E-state index in [1.54, 1.807) is 6.07 Å². The van der Waals surface area contributed by atoms with Crippen molar-refractivity contribution in [3.05, 3.63) is 69.7 Å². The second-order valence-corrected chi connectivity index (χ2v) is 8.20. The van der Waals surface area contributed by atoms with Crippen molar-refractivity contribution in [2.24, 2.45) is 0 Å². The van der Waals surface area contributed by atoms with Gasteiger partial charge in [-0.2, -0.15) is 0 Å². The Morgan fingerprint density at radius 3 is 2.69 bits per heavy atom. The monoisotopic (exact) mass is 386 g/mol. The third kappa shape index (κ3) is 2.45. The van der Waals surface area contributed by atoms with Gasteiger partial charge >= 0.3 is 0 Å². The number of halogens is 2. The molecule has 1 N–H and O–H groups in total. The maximum atomic E-state index is 12.4. The number of carbonyl (C=O) groups is 1. The summed E-state index contributed by atoms with van der Waals surface area (Å²) in [5.74, 6) is 0.0639. The van der Waals surface area contributed by atoms with E-state index in [-0.39, 0.29) is 11.3 Å². The SMILES string of the molecule is CC1(C)c2ccccc2N2CCC(=O)NC21C=Cc1ccc(Cl)cc1Cl. The maximum Gasteiger partial charge on any atom is 0.223 e. The van der Waals surface area contributed by atoms with Gasteiger partial charge < -0.3 is 10.2 Å². The van der Waals surface area contributed by atoms with E-state index in [1.807, 2.05) is 30.3 Å². The van der Waals surface area contributed by atoms with E-state index in [0.29, 0.717) is 23.0 Å². The topological polar surface area (TPSA) is 32.3 Å². The molecule has 1 atom stereocenters. The largest absolute Gasteiger partial charge is 0.344 e. The van der Waals surface area contributed by atoms with Crippen molar-refractivity contribution in [3.8, 4) is 0 Å². The number of amides is 1. The van der Waals surface area contributed by atoms with Crippen LogP contribution in [0.2, 0.25) is 10.0 Å². The second kappa shape index (κ2) is 6.04. The van der Waals surface area contributed by atoms with E-state index >= 15 is 0 Å². The zero-order chi connectivity index (χ0) is 18.5. The molecule has 0 aromatic heterocycles. The number of benzene rings is 2. The van der Waals surface area contributed by atoms with Crippen LogP contribution in [0.3, 0.4) is 0 Å². The normalized spacial score (nSPS) is 23.7. The highest BCUT2D eigenvalue weighted by atomic mass is 35.5. The van der Waals surface area contributed by atoms with E-state index in [1.165, 1.54) is 11.3 Å². The molecule has 26 heavy (non-hydrogen) atoms. The first-order valence-electron chi connectivity index (χ1n) is 8.68. The zero-order valence-corrected chi connectivity index (χ0v) is 16.2. The summed E-state index contributed by atoms with van der Waals surface area (Å²) >= 11 is 12.3. The standard InChI is InChI=1S/C21H20Cl2N2O/c1-20(2)16-5-3-4-6-18(16)25-12-10-19(26)24-21(20,25)11-9-14-7-8-15(22)13-17(14)23/h3-9,11,13H,10,12H2,1-2H3,(H,24,26). The lowest BCUT2D eigenvalue weighted by Crippen LogP contribution is -2.68. The minimum atomic E-state index is -0.630. The number of rotatable bonds is 2. The fraction of sp³-hybridized carbons (Fsp3) is 0.286. The average molecular weight is 387 g/mol. The van der Waals surface area contributed by atoms with Crippen molar-refractivity contribution >= 4 is 40.9 Å². The lowest BCUT2D eigenvalue weighted by Gasteiger charge is -2.49. The number of nitrogens with one attached hydrogen (secondary N) is 1. The molecule has 2 aromatic rings. The Kier molecular flexibility index (Phi) is 4.05. The van der Waals surface area contributed by atoms with Gasteiger partial charge in [0, 0.05) is 34.1 Å². The van der Waals surface area contributed by atoms with Crippen molar-refractivity contribution in [3.63, 3.8) is 0 Å². The first-order chi connectivity index (χ1) is 12.3. The van der Waals surface area contributed by atoms with E-state index in [9.17, 15) is 4.79 Å². The smallest absolute Gasteiger partial charge is 0.223 e. The van der Waals surface area contributed by atoms with Gasteiger partial charge in [0.2, 0.25) is 5.91 Å². The first-order valence-corrected chi connectivity index (χ1v) is 9.43. The average Bonchev–Trinajstić information content (AvgIpc) is 2.79. The summed E-state index contributed by atoms with van der Waals surface area (Å²) in [7, 11) is 0. The van der Waals surface area contributed by atoms with Crippen LogP contribution in [-0.4, -0.2) is 18.1 Å². The fourth-order valence-corrected chi connectivity index (χ4v) is 4.64. The van der Waals surface area contributed by atoms with Crippen molar-refractivity contribution in [2.45, 2.75) is 31.3 Å². The Labute approximate surface area is 163 Å². The highest BCUT2D eigenvalue weighted by molar-refractivity contribution is 6.35. The van der Waals surface area contributed by atoms with Crippen LogP contribution in [0.1, 0.15) is 31.4 Å². The summed E-state index contributed by atoms with van der Waals surface area (Å²) in [4.78, 5) is 14.7. The van der Waals surface area contributed by atoms with Gasteiger partial charge in [0.25, 0.3) is 0 Å². The summed E-state index contributed by atoms with van der Waals surface area (Å²) in [5.41, 5.74) is 2.35. The molecule has 1 fully saturated rings. The minimum absolute atomic E-state index is 0.0639. The molecule has 0 radical (unpaired) electrons. The summed E-state index contributed by atoms with van der Waals surface area (Å²) in [5, 5.41) is 4.45. The first kappa shape index (κ1) is 17.4. The van der Waals surface area contributed by atoms with Crippen LogP contribution in [0.15, 0.2) is 48.5 Å². The molecule has 2 aliphatic heterocycles. The highest BCUT2D eigenvalue weighted by Gasteiger charge is 2.57. The van der Waals surface area contributed by atoms with Gasteiger partial charge in [-0.1, -0.05) is 67.4 Å². The van der Waals surface area contributed by atoms with Gasteiger partial charge in [0.05, 0.1) is 0 Å². The molecule has 0 aliphatic carbocycles. The Hall–Kier alpha value is -1.97. The van der Waals surface area contributed by atoms with Crippen molar-refractivity contribution in [1.82, 2.24) is 5.32 Å². The highest BCUT2D eigenvalue weighted by Crippen LogP contribution is 2.52. The molecule has 0 saturated carbocycles. The van der Waals surface area contributed by atoms with Gasteiger partial charge in [-0.3, -0.25) is 4.79 Å². The molecule has 0 spiro atoms. The summed E-state index contributed by atoms with van der Waals surface area (Å²) in [6.45, 7) is 5.03. The van der Waals surface area contributed by atoms with Gasteiger partial charge in [-0.05, 0) is 35.4 Å². The minimum Gasteiger partial charge on any atom is -0.344 e. The van der Waals surface area contributed by atoms with Crippen molar-refractivity contribution in [1.29, 1.82) is 0 Å². The van der Waals surface area contributed by atoms with Crippen LogP contribution in [-0.2, 0) is 10.2 Å². The van der Waals surface area contributed by atoms with Crippen LogP contribution < -0.4 is 10.2 Å². The molecular formula is C21H20Cl2N2O. The molecule has 4 rings (SSSR count). The predicted molar refractivity (Wildman–Crippen MR) is 108 cm³/mol. The molecule has 2 aromatic carbocycles. The van der Waals surface area contributed by atoms with Crippen LogP contribution in [0, 0.1) is 0 Å². The van der Waals surface area contributed by atoms with E-state index in [0.717, 1.165) is 5.56 Å². The molecule has 2 heterocycles. The number of nitrogens with zero attached hydrogens (tertiary/aromatic N) is 1. The Morgan fingerprint density at radius 2 is 1.92 bits per heavy atom. The summed E-state index contributed by atoms with van der Waals surface area (Å²) < 4.78 is 0. The molecule has 3 nitrogen and oxygen atoms in total. The molecular weight excluding hydrogens is 367 g/mol. The zero-order valence-electron chi connectivity index (χ0n) is 14.7. The lowest BCUT2D eigenvalue weighted by atomic mass is 9.74. The number of hydrogen-bond donors (Lipinski definition) is 1. The van der Waals surface area contributed by atoms with E-state index in [4.69, 9.17) is 23.2 Å². The predicted octanol–water partition coefficient (Wildman–Crippen LogP) is 5.02. The van der Waals surface area contributed by atoms with Crippen LogP contribution in [0.4, 0.5) is 5.69 Å². The van der Waals surface area contributed by atoms with Crippen molar-refractivity contribution in [2.75, 3.05) is 11.4 Å². The summed E-state index contributed by atoms with van der Waals surface area (Å²) in [6, 6.07) is 13.8. The van der Waals surface area contributed by atoms with Crippen molar-refractivity contribution < 1.29 is 4.79 Å².